The van der Waals surface area contributed by atoms with Crippen LogP contribution in [0.1, 0.15) is 23.0 Å². The number of anilines is 1. The van der Waals surface area contributed by atoms with Crippen molar-refractivity contribution < 1.29 is 4.79 Å². The van der Waals surface area contributed by atoms with Crippen LogP contribution in [0.2, 0.25) is 5.02 Å². The largest absolute Gasteiger partial charge is 0.318 e. The predicted octanol–water partition coefficient (Wildman–Crippen LogP) is 4.61. The normalized spacial score (nSPS) is 10.6. The van der Waals surface area contributed by atoms with Crippen LogP contribution in [-0.2, 0) is 6.42 Å². The maximum Gasteiger partial charge on any atom is 0.257 e. The van der Waals surface area contributed by atoms with E-state index in [4.69, 9.17) is 11.6 Å². The first-order valence-electron chi connectivity index (χ1n) is 6.86. The molecule has 0 aliphatic heterocycles. The van der Waals surface area contributed by atoms with E-state index in [2.05, 4.69) is 15.5 Å². The number of aryl methyl sites for hydroxylation is 1. The number of nitrogens with zero attached hydrogens (tertiary/aromatic N) is 1. The highest BCUT2D eigenvalue weighted by atomic mass is 35.5. The second kappa shape index (κ2) is 6.34. The van der Waals surface area contributed by atoms with Crippen LogP contribution in [0.5, 0.6) is 0 Å². The molecule has 2 N–H and O–H groups in total. The second-order valence-electron chi connectivity index (χ2n) is 4.73. The van der Waals surface area contributed by atoms with Crippen molar-refractivity contribution >= 4 is 34.5 Å². The molecule has 1 aromatic carbocycles. The van der Waals surface area contributed by atoms with E-state index in [1.807, 2.05) is 23.8 Å². The molecule has 0 saturated carbocycles. The molecule has 6 heteroatoms. The summed E-state index contributed by atoms with van der Waals surface area (Å²) in [7, 11) is 0. The standard InChI is InChI=1S/C16H14ClN3OS/c1-2-13-15(14(20-19-13)10-7-8-22-9-10)18-16(21)11-5-3-4-6-12(11)17/h3-9H,2H2,1H3,(H,18,21)(H,19,20). The van der Waals surface area contributed by atoms with E-state index in [0.29, 0.717) is 16.3 Å². The number of hydrogen-bond donors (Lipinski definition) is 2. The molecule has 0 bridgehead atoms. The maximum absolute atomic E-state index is 12.5. The summed E-state index contributed by atoms with van der Waals surface area (Å²) < 4.78 is 0. The first-order chi connectivity index (χ1) is 10.7. The monoisotopic (exact) mass is 331 g/mol. The number of aromatic nitrogens is 2. The van der Waals surface area contributed by atoms with E-state index in [9.17, 15) is 4.79 Å². The number of benzene rings is 1. The molecule has 0 spiro atoms. The SMILES string of the molecule is CCc1[nH]nc(-c2ccsc2)c1NC(=O)c1ccccc1Cl. The Morgan fingerprint density at radius 1 is 1.36 bits per heavy atom. The Labute approximate surface area is 137 Å². The van der Waals surface area contributed by atoms with Crippen molar-refractivity contribution in [2.75, 3.05) is 5.32 Å². The van der Waals surface area contributed by atoms with Crippen molar-refractivity contribution in [3.8, 4) is 11.3 Å². The second-order valence-corrected chi connectivity index (χ2v) is 5.91. The molecule has 0 radical (unpaired) electrons. The molecule has 2 aromatic heterocycles. The van der Waals surface area contributed by atoms with Crippen molar-refractivity contribution in [1.82, 2.24) is 10.2 Å². The zero-order chi connectivity index (χ0) is 15.5. The summed E-state index contributed by atoms with van der Waals surface area (Å²) in [5.74, 6) is -0.238. The summed E-state index contributed by atoms with van der Waals surface area (Å²) in [5, 5.41) is 14.7. The van der Waals surface area contributed by atoms with E-state index < -0.39 is 0 Å². The van der Waals surface area contributed by atoms with Crippen LogP contribution >= 0.6 is 22.9 Å². The number of rotatable bonds is 4. The number of amides is 1. The van der Waals surface area contributed by atoms with Gasteiger partial charge in [0.25, 0.3) is 5.91 Å². The Kier molecular flexibility index (Phi) is 4.27. The maximum atomic E-state index is 12.5. The van der Waals surface area contributed by atoms with E-state index in [1.165, 1.54) is 0 Å². The zero-order valence-corrected chi connectivity index (χ0v) is 13.5. The number of hydrogen-bond acceptors (Lipinski definition) is 3. The lowest BCUT2D eigenvalue weighted by Crippen LogP contribution is -2.13. The lowest BCUT2D eigenvalue weighted by atomic mass is 10.1. The van der Waals surface area contributed by atoms with Gasteiger partial charge in [-0.1, -0.05) is 30.7 Å². The lowest BCUT2D eigenvalue weighted by Gasteiger charge is -2.08. The van der Waals surface area contributed by atoms with Crippen LogP contribution in [0, 0.1) is 0 Å². The van der Waals surface area contributed by atoms with E-state index >= 15 is 0 Å². The highest BCUT2D eigenvalue weighted by Crippen LogP contribution is 2.31. The van der Waals surface area contributed by atoms with Crippen molar-refractivity contribution in [3.05, 3.63) is 57.4 Å². The fourth-order valence-electron chi connectivity index (χ4n) is 2.20. The average molecular weight is 332 g/mol. The number of carbonyl (C=O) groups excluding carboxylic acids is 1. The van der Waals surface area contributed by atoms with Gasteiger partial charge in [-0.3, -0.25) is 9.89 Å². The highest BCUT2D eigenvalue weighted by Gasteiger charge is 2.18. The quantitative estimate of drug-likeness (QED) is 0.733. The number of nitrogens with one attached hydrogen (secondary N) is 2. The molecule has 0 aliphatic rings. The van der Waals surface area contributed by atoms with Gasteiger partial charge < -0.3 is 5.32 Å². The number of thiophene rings is 1. The molecular formula is C16H14ClN3OS. The zero-order valence-electron chi connectivity index (χ0n) is 11.9. The first-order valence-corrected chi connectivity index (χ1v) is 8.18. The third kappa shape index (κ3) is 2.77. The summed E-state index contributed by atoms with van der Waals surface area (Å²) in [6.45, 7) is 2.01. The van der Waals surface area contributed by atoms with E-state index in [1.54, 1.807) is 35.6 Å². The molecule has 0 fully saturated rings. The summed E-state index contributed by atoms with van der Waals surface area (Å²) in [5.41, 5.74) is 3.78. The number of carbonyl (C=O) groups is 1. The van der Waals surface area contributed by atoms with Crippen LogP contribution in [0.4, 0.5) is 5.69 Å². The van der Waals surface area contributed by atoms with Crippen molar-refractivity contribution in [3.63, 3.8) is 0 Å². The number of aromatic amines is 1. The number of H-pyrrole nitrogens is 1. The van der Waals surface area contributed by atoms with Gasteiger partial charge in [0.1, 0.15) is 5.69 Å². The van der Waals surface area contributed by atoms with E-state index in [-0.39, 0.29) is 5.91 Å². The molecule has 0 unspecified atom stereocenters. The third-order valence-corrected chi connectivity index (χ3v) is 4.36. The van der Waals surface area contributed by atoms with Gasteiger partial charge >= 0.3 is 0 Å². The molecule has 1 amide bonds. The fourth-order valence-corrected chi connectivity index (χ4v) is 3.07. The summed E-state index contributed by atoms with van der Waals surface area (Å²) in [6, 6.07) is 8.97. The van der Waals surface area contributed by atoms with Crippen LogP contribution in [0.3, 0.4) is 0 Å². The minimum absolute atomic E-state index is 0.238. The van der Waals surface area contributed by atoms with Gasteiger partial charge in [-0.2, -0.15) is 16.4 Å². The summed E-state index contributed by atoms with van der Waals surface area (Å²) >= 11 is 7.68. The van der Waals surface area contributed by atoms with Crippen LogP contribution in [-0.4, -0.2) is 16.1 Å². The fraction of sp³-hybridized carbons (Fsp3) is 0.125. The minimum atomic E-state index is -0.238. The smallest absolute Gasteiger partial charge is 0.257 e. The van der Waals surface area contributed by atoms with Gasteiger partial charge in [0.2, 0.25) is 0 Å². The summed E-state index contributed by atoms with van der Waals surface area (Å²) in [4.78, 5) is 12.5. The van der Waals surface area contributed by atoms with Crippen molar-refractivity contribution in [2.24, 2.45) is 0 Å². The number of halogens is 1. The predicted molar refractivity (Wildman–Crippen MR) is 90.7 cm³/mol. The molecule has 0 saturated heterocycles. The molecule has 0 aliphatic carbocycles. The Bertz CT molecular complexity index is 796. The van der Waals surface area contributed by atoms with Gasteiger partial charge in [-0.05, 0) is 30.0 Å². The third-order valence-electron chi connectivity index (χ3n) is 3.35. The topological polar surface area (TPSA) is 57.8 Å². The lowest BCUT2D eigenvalue weighted by molar-refractivity contribution is 0.102. The Hall–Kier alpha value is -2.11. The van der Waals surface area contributed by atoms with E-state index in [0.717, 1.165) is 23.4 Å². The molecule has 0 atom stereocenters. The molecule has 2 heterocycles. The molecule has 3 aromatic rings. The Morgan fingerprint density at radius 2 is 2.18 bits per heavy atom. The molecule has 22 heavy (non-hydrogen) atoms. The van der Waals surface area contributed by atoms with Crippen LogP contribution < -0.4 is 5.32 Å². The molecule has 3 rings (SSSR count). The van der Waals surface area contributed by atoms with Gasteiger partial charge in [0, 0.05) is 10.9 Å². The first kappa shape index (κ1) is 14.8. The minimum Gasteiger partial charge on any atom is -0.318 e. The summed E-state index contributed by atoms with van der Waals surface area (Å²) in [6.07, 6.45) is 0.745. The Balaban J connectivity index is 1.97. The average Bonchev–Trinajstić information content (AvgIpc) is 3.16. The highest BCUT2D eigenvalue weighted by molar-refractivity contribution is 7.08. The molecular weight excluding hydrogens is 318 g/mol. The van der Waals surface area contributed by atoms with Gasteiger partial charge in [0.15, 0.2) is 0 Å². The van der Waals surface area contributed by atoms with Crippen LogP contribution in [0.25, 0.3) is 11.3 Å². The van der Waals surface area contributed by atoms with Gasteiger partial charge in [-0.25, -0.2) is 0 Å². The van der Waals surface area contributed by atoms with Gasteiger partial charge in [-0.15, -0.1) is 0 Å². The molecule has 112 valence electrons. The van der Waals surface area contributed by atoms with Crippen molar-refractivity contribution in [1.29, 1.82) is 0 Å². The van der Waals surface area contributed by atoms with Crippen LogP contribution in [0.15, 0.2) is 41.1 Å². The Morgan fingerprint density at radius 3 is 2.86 bits per heavy atom. The molecule has 4 nitrogen and oxygen atoms in total. The van der Waals surface area contributed by atoms with Gasteiger partial charge in [0.05, 0.1) is 22.0 Å². The van der Waals surface area contributed by atoms with Crippen molar-refractivity contribution in [2.45, 2.75) is 13.3 Å².